The molecule has 4 nitrogen and oxygen atoms in total. The van der Waals surface area contributed by atoms with Crippen LogP contribution in [0.15, 0.2) is 0 Å². The minimum atomic E-state index is -4.56. The predicted molar refractivity (Wildman–Crippen MR) is 53.2 cm³/mol. The van der Waals surface area contributed by atoms with Gasteiger partial charge in [0, 0.05) is 6.54 Å². The van der Waals surface area contributed by atoms with Crippen molar-refractivity contribution < 1.29 is 23.1 Å². The molecule has 0 aromatic carbocycles. The fourth-order valence-corrected chi connectivity index (χ4v) is 2.09. The van der Waals surface area contributed by atoms with Crippen molar-refractivity contribution in [1.82, 2.24) is 10.6 Å². The summed E-state index contributed by atoms with van der Waals surface area (Å²) in [7, 11) is 0. The lowest BCUT2D eigenvalue weighted by molar-refractivity contribution is -0.216. The molecule has 2 aliphatic rings. The van der Waals surface area contributed by atoms with Gasteiger partial charge in [0.25, 0.3) is 0 Å². The van der Waals surface area contributed by atoms with Gasteiger partial charge in [-0.3, -0.25) is 4.79 Å². The van der Waals surface area contributed by atoms with E-state index in [9.17, 15) is 18.0 Å². The van der Waals surface area contributed by atoms with E-state index in [2.05, 4.69) is 10.6 Å². The SMILES string of the molecule is O=C(NC1(CO)CC1)C1(C(F)(F)F)CCNC1. The number of carbonyl (C=O) groups is 1. The molecule has 0 radical (unpaired) electrons. The van der Waals surface area contributed by atoms with Gasteiger partial charge in [0.2, 0.25) is 5.91 Å². The summed E-state index contributed by atoms with van der Waals surface area (Å²) in [6, 6.07) is 0. The summed E-state index contributed by atoms with van der Waals surface area (Å²) in [6.07, 6.45) is -3.73. The maximum Gasteiger partial charge on any atom is 0.404 e. The maximum atomic E-state index is 13.0. The van der Waals surface area contributed by atoms with Crippen molar-refractivity contribution in [2.24, 2.45) is 5.41 Å². The number of halogens is 3. The fourth-order valence-electron chi connectivity index (χ4n) is 2.09. The van der Waals surface area contributed by atoms with E-state index in [-0.39, 0.29) is 26.1 Å². The summed E-state index contributed by atoms with van der Waals surface area (Å²) in [5.41, 5.74) is -3.14. The molecule has 1 aliphatic carbocycles. The highest BCUT2D eigenvalue weighted by Crippen LogP contribution is 2.45. The fraction of sp³-hybridized carbons (Fsp3) is 0.900. The molecular weight excluding hydrogens is 237 g/mol. The zero-order valence-electron chi connectivity index (χ0n) is 9.23. The van der Waals surface area contributed by atoms with E-state index in [0.717, 1.165) is 0 Å². The lowest BCUT2D eigenvalue weighted by Gasteiger charge is -2.31. The van der Waals surface area contributed by atoms with E-state index >= 15 is 0 Å². The Kier molecular flexibility index (Phi) is 2.86. The average Bonchev–Trinajstić information content (AvgIpc) is 2.81. The summed E-state index contributed by atoms with van der Waals surface area (Å²) < 4.78 is 39.0. The summed E-state index contributed by atoms with van der Waals surface area (Å²) >= 11 is 0. The minimum Gasteiger partial charge on any atom is -0.394 e. The van der Waals surface area contributed by atoms with E-state index in [1.54, 1.807) is 0 Å². The Bertz CT molecular complexity index is 320. The van der Waals surface area contributed by atoms with Gasteiger partial charge in [-0.1, -0.05) is 0 Å². The molecule has 0 aromatic rings. The standard InChI is InChI=1S/C10H15F3N2O2/c11-10(12,13)9(3-4-14-5-9)7(17)15-8(6-16)1-2-8/h14,16H,1-6H2,(H,15,17). The van der Waals surface area contributed by atoms with Gasteiger partial charge in [0.15, 0.2) is 5.41 Å². The number of hydrogen-bond acceptors (Lipinski definition) is 3. The molecule has 1 unspecified atom stereocenters. The first kappa shape index (κ1) is 12.6. The van der Waals surface area contributed by atoms with E-state index in [0.29, 0.717) is 12.8 Å². The highest BCUT2D eigenvalue weighted by atomic mass is 19.4. The first-order valence-corrected chi connectivity index (χ1v) is 5.56. The van der Waals surface area contributed by atoms with E-state index in [1.165, 1.54) is 0 Å². The second-order valence-electron chi connectivity index (χ2n) is 4.90. The molecule has 1 saturated heterocycles. The molecule has 1 atom stereocenters. The van der Waals surface area contributed by atoms with Crippen LogP contribution in [0.25, 0.3) is 0 Å². The molecule has 3 N–H and O–H groups in total. The van der Waals surface area contributed by atoms with Crippen molar-refractivity contribution in [3.05, 3.63) is 0 Å². The van der Waals surface area contributed by atoms with Gasteiger partial charge in [0.1, 0.15) is 0 Å². The normalized spacial score (nSPS) is 31.3. The van der Waals surface area contributed by atoms with Crippen LogP contribution in [0.4, 0.5) is 13.2 Å². The average molecular weight is 252 g/mol. The van der Waals surface area contributed by atoms with Crippen molar-refractivity contribution in [2.75, 3.05) is 19.7 Å². The molecule has 17 heavy (non-hydrogen) atoms. The first-order chi connectivity index (χ1) is 7.85. The Balaban J connectivity index is 2.14. The van der Waals surface area contributed by atoms with Crippen LogP contribution >= 0.6 is 0 Å². The van der Waals surface area contributed by atoms with Gasteiger partial charge < -0.3 is 15.7 Å². The van der Waals surface area contributed by atoms with Gasteiger partial charge in [-0.2, -0.15) is 13.2 Å². The van der Waals surface area contributed by atoms with E-state index < -0.39 is 23.0 Å². The number of rotatable bonds is 3. The molecule has 2 fully saturated rings. The first-order valence-electron chi connectivity index (χ1n) is 5.56. The van der Waals surface area contributed by atoms with Crippen molar-refractivity contribution >= 4 is 5.91 Å². The van der Waals surface area contributed by atoms with Crippen LogP contribution in [0.3, 0.4) is 0 Å². The smallest absolute Gasteiger partial charge is 0.394 e. The van der Waals surface area contributed by atoms with Crippen LogP contribution in [0, 0.1) is 5.41 Å². The molecular formula is C10H15F3N2O2. The largest absolute Gasteiger partial charge is 0.404 e. The number of aliphatic hydroxyl groups is 1. The van der Waals surface area contributed by atoms with Crippen LogP contribution < -0.4 is 10.6 Å². The number of alkyl halides is 3. The molecule has 0 spiro atoms. The third kappa shape index (κ3) is 2.01. The summed E-state index contributed by atoms with van der Waals surface area (Å²) in [6.45, 7) is -0.511. The van der Waals surface area contributed by atoms with Gasteiger partial charge >= 0.3 is 6.18 Å². The molecule has 0 bridgehead atoms. The number of aliphatic hydroxyl groups excluding tert-OH is 1. The minimum absolute atomic E-state index is 0.180. The van der Waals surface area contributed by atoms with Crippen LogP contribution in [0.2, 0.25) is 0 Å². The maximum absolute atomic E-state index is 13.0. The van der Waals surface area contributed by atoms with Crippen LogP contribution in [-0.2, 0) is 4.79 Å². The molecule has 1 saturated carbocycles. The van der Waals surface area contributed by atoms with Crippen molar-refractivity contribution in [1.29, 1.82) is 0 Å². The third-order valence-electron chi connectivity index (χ3n) is 3.67. The van der Waals surface area contributed by atoms with Crippen molar-refractivity contribution in [3.8, 4) is 0 Å². The zero-order chi connectivity index (χ0) is 12.7. The number of hydrogen-bond donors (Lipinski definition) is 3. The lowest BCUT2D eigenvalue weighted by atomic mass is 9.85. The molecule has 1 heterocycles. The highest BCUT2D eigenvalue weighted by Gasteiger charge is 2.62. The van der Waals surface area contributed by atoms with Gasteiger partial charge in [-0.25, -0.2) is 0 Å². The quantitative estimate of drug-likeness (QED) is 0.671. The summed E-state index contributed by atoms with van der Waals surface area (Å²) in [5.74, 6) is -1.01. The molecule has 98 valence electrons. The van der Waals surface area contributed by atoms with Crippen molar-refractivity contribution in [2.45, 2.75) is 31.0 Å². The third-order valence-corrected chi connectivity index (χ3v) is 3.67. The zero-order valence-corrected chi connectivity index (χ0v) is 9.23. The topological polar surface area (TPSA) is 61.4 Å². The number of amides is 1. The Morgan fingerprint density at radius 3 is 2.35 bits per heavy atom. The van der Waals surface area contributed by atoms with Crippen LogP contribution in [0.1, 0.15) is 19.3 Å². The molecule has 2 rings (SSSR count). The summed E-state index contributed by atoms with van der Waals surface area (Å²) in [4.78, 5) is 11.8. The predicted octanol–water partition coefficient (Wildman–Crippen LogP) is 0.169. The van der Waals surface area contributed by atoms with E-state index in [4.69, 9.17) is 5.11 Å². The number of carbonyl (C=O) groups excluding carboxylic acids is 1. The van der Waals surface area contributed by atoms with Gasteiger partial charge in [0.05, 0.1) is 12.1 Å². The highest BCUT2D eigenvalue weighted by molar-refractivity contribution is 5.85. The Morgan fingerprint density at radius 2 is 2.00 bits per heavy atom. The van der Waals surface area contributed by atoms with Crippen LogP contribution in [0.5, 0.6) is 0 Å². The second-order valence-corrected chi connectivity index (χ2v) is 4.90. The van der Waals surface area contributed by atoms with Crippen molar-refractivity contribution in [3.63, 3.8) is 0 Å². The number of nitrogens with one attached hydrogen (secondary N) is 2. The van der Waals surface area contributed by atoms with Gasteiger partial charge in [-0.05, 0) is 25.8 Å². The second kappa shape index (κ2) is 3.84. The monoisotopic (exact) mass is 252 g/mol. The van der Waals surface area contributed by atoms with Crippen LogP contribution in [-0.4, -0.2) is 42.4 Å². The molecule has 0 aromatic heterocycles. The van der Waals surface area contributed by atoms with E-state index in [1.807, 2.05) is 0 Å². The van der Waals surface area contributed by atoms with Gasteiger partial charge in [-0.15, -0.1) is 0 Å². The lowest BCUT2D eigenvalue weighted by Crippen LogP contribution is -2.55. The Morgan fingerprint density at radius 1 is 1.35 bits per heavy atom. The summed E-state index contributed by atoms with van der Waals surface area (Å²) in [5, 5.41) is 14.0. The molecule has 7 heteroatoms. The molecule has 1 aliphatic heterocycles. The Labute approximate surface area is 96.6 Å². The Hall–Kier alpha value is -0.820. The molecule has 1 amide bonds.